The second-order valence-electron chi connectivity index (χ2n) is 7.58. The van der Waals surface area contributed by atoms with Crippen LogP contribution in [-0.2, 0) is 19.6 Å². The first-order valence-corrected chi connectivity index (χ1v) is 12.1. The van der Waals surface area contributed by atoms with Crippen molar-refractivity contribution >= 4 is 45.0 Å². The molecule has 0 spiro atoms. The molecule has 2 heterocycles. The molecule has 2 N–H and O–H groups in total. The Bertz CT molecular complexity index is 1130. The van der Waals surface area contributed by atoms with Crippen molar-refractivity contribution in [2.45, 2.75) is 41.7 Å². The highest BCUT2D eigenvalue weighted by Crippen LogP contribution is 2.38. The molecule has 2 aliphatic rings. The predicted molar refractivity (Wildman–Crippen MR) is 117 cm³/mol. The van der Waals surface area contributed by atoms with Gasteiger partial charge in [-0.25, -0.2) is 8.42 Å². The lowest BCUT2D eigenvalue weighted by Gasteiger charge is -2.27. The number of rotatable bonds is 4. The van der Waals surface area contributed by atoms with Crippen LogP contribution in [0.3, 0.4) is 0 Å². The average Bonchev–Trinajstić information content (AvgIpc) is 3.24. The van der Waals surface area contributed by atoms with Crippen molar-refractivity contribution in [1.82, 2.24) is 4.90 Å². The number of anilines is 2. The fourth-order valence-electron chi connectivity index (χ4n) is 3.54. The van der Waals surface area contributed by atoms with E-state index in [1.54, 1.807) is 23.1 Å². The SMILES string of the molecule is Cc1ccc(NS(=O)(=O)c2ccc3c(c2)NC(=O)[C@H](C(=O)N2CCCC2)S3)cc1C. The molecule has 158 valence electrons. The predicted octanol–water partition coefficient (Wildman–Crippen LogP) is 3.14. The number of amides is 2. The van der Waals surface area contributed by atoms with Gasteiger partial charge in [0.1, 0.15) is 0 Å². The zero-order chi connectivity index (χ0) is 21.5. The van der Waals surface area contributed by atoms with Crippen molar-refractivity contribution < 1.29 is 18.0 Å². The lowest BCUT2D eigenvalue weighted by Crippen LogP contribution is -2.43. The van der Waals surface area contributed by atoms with Crippen LogP contribution in [0.1, 0.15) is 24.0 Å². The molecule has 0 radical (unpaired) electrons. The third-order valence-corrected chi connectivity index (χ3v) is 8.04. The van der Waals surface area contributed by atoms with E-state index in [4.69, 9.17) is 0 Å². The van der Waals surface area contributed by atoms with Crippen LogP contribution in [0.5, 0.6) is 0 Å². The maximum atomic E-state index is 12.8. The van der Waals surface area contributed by atoms with Crippen molar-refractivity contribution in [3.8, 4) is 0 Å². The van der Waals surface area contributed by atoms with E-state index >= 15 is 0 Å². The molecule has 7 nitrogen and oxygen atoms in total. The monoisotopic (exact) mass is 445 g/mol. The summed E-state index contributed by atoms with van der Waals surface area (Å²) in [6.07, 6.45) is 1.91. The standard InChI is InChI=1S/C21H23N3O4S2/c1-13-5-6-15(11-14(13)2)23-30(27,28)16-7-8-18-17(12-16)22-20(25)19(29-18)21(26)24-9-3-4-10-24/h5-8,11-12,19,23H,3-4,9-10H2,1-2H3,(H,22,25)/t19-/m1/s1. The van der Waals surface area contributed by atoms with E-state index in [1.165, 1.54) is 23.9 Å². The first kappa shape index (κ1) is 20.7. The van der Waals surface area contributed by atoms with Crippen LogP contribution in [0, 0.1) is 13.8 Å². The molecule has 0 aliphatic carbocycles. The topological polar surface area (TPSA) is 95.6 Å². The Morgan fingerprint density at radius 2 is 1.83 bits per heavy atom. The largest absolute Gasteiger partial charge is 0.341 e. The maximum absolute atomic E-state index is 12.8. The normalized spacial score (nSPS) is 18.7. The van der Waals surface area contributed by atoms with Gasteiger partial charge in [0.15, 0.2) is 5.25 Å². The number of fused-ring (bicyclic) bond motifs is 1. The number of nitrogens with one attached hydrogen (secondary N) is 2. The van der Waals surface area contributed by atoms with Gasteiger partial charge < -0.3 is 10.2 Å². The Morgan fingerprint density at radius 3 is 2.53 bits per heavy atom. The van der Waals surface area contributed by atoms with E-state index in [-0.39, 0.29) is 10.8 Å². The van der Waals surface area contributed by atoms with Gasteiger partial charge in [-0.3, -0.25) is 14.3 Å². The van der Waals surface area contributed by atoms with Gasteiger partial charge in [0.2, 0.25) is 11.8 Å². The highest BCUT2D eigenvalue weighted by molar-refractivity contribution is 8.01. The van der Waals surface area contributed by atoms with E-state index in [0.717, 1.165) is 24.0 Å². The van der Waals surface area contributed by atoms with Crippen molar-refractivity contribution in [3.63, 3.8) is 0 Å². The number of hydrogen-bond donors (Lipinski definition) is 2. The molecule has 2 amide bonds. The fraction of sp³-hybridized carbons (Fsp3) is 0.333. The summed E-state index contributed by atoms with van der Waals surface area (Å²) in [5.41, 5.74) is 2.94. The number of hydrogen-bond acceptors (Lipinski definition) is 5. The fourth-order valence-corrected chi connectivity index (χ4v) is 5.67. The van der Waals surface area contributed by atoms with Gasteiger partial charge in [0, 0.05) is 23.7 Å². The second kappa shape index (κ2) is 7.96. The maximum Gasteiger partial charge on any atom is 0.261 e. The summed E-state index contributed by atoms with van der Waals surface area (Å²) in [6, 6.07) is 9.90. The van der Waals surface area contributed by atoms with Crippen molar-refractivity contribution in [1.29, 1.82) is 0 Å². The molecule has 0 aromatic heterocycles. The third-order valence-electron chi connectivity index (χ3n) is 5.40. The summed E-state index contributed by atoms with van der Waals surface area (Å²) in [6.45, 7) is 5.23. The molecule has 4 rings (SSSR count). The molecular weight excluding hydrogens is 422 g/mol. The van der Waals surface area contributed by atoms with Crippen LogP contribution < -0.4 is 10.0 Å². The number of carbonyl (C=O) groups excluding carboxylic acids is 2. The number of carbonyl (C=O) groups is 2. The molecular formula is C21H23N3O4S2. The minimum atomic E-state index is -3.82. The Kier molecular flexibility index (Phi) is 5.50. The van der Waals surface area contributed by atoms with E-state index in [2.05, 4.69) is 10.0 Å². The zero-order valence-electron chi connectivity index (χ0n) is 16.8. The van der Waals surface area contributed by atoms with Gasteiger partial charge in [0.05, 0.1) is 10.6 Å². The van der Waals surface area contributed by atoms with Gasteiger partial charge >= 0.3 is 0 Å². The summed E-state index contributed by atoms with van der Waals surface area (Å²) in [5, 5.41) is 1.87. The smallest absolute Gasteiger partial charge is 0.261 e. The van der Waals surface area contributed by atoms with Crippen molar-refractivity contribution in [2.24, 2.45) is 0 Å². The number of thioether (sulfide) groups is 1. The molecule has 30 heavy (non-hydrogen) atoms. The van der Waals surface area contributed by atoms with Crippen molar-refractivity contribution in [2.75, 3.05) is 23.1 Å². The van der Waals surface area contributed by atoms with E-state index < -0.39 is 21.2 Å². The Morgan fingerprint density at radius 1 is 1.10 bits per heavy atom. The number of benzene rings is 2. The number of sulfonamides is 1. The van der Waals surface area contributed by atoms with Gasteiger partial charge in [-0.05, 0) is 68.1 Å². The lowest BCUT2D eigenvalue weighted by molar-refractivity contribution is -0.133. The molecule has 1 fully saturated rings. The summed E-state index contributed by atoms with van der Waals surface area (Å²) in [4.78, 5) is 27.6. The minimum Gasteiger partial charge on any atom is -0.341 e. The average molecular weight is 446 g/mol. The number of likely N-dealkylation sites (tertiary alicyclic amines) is 1. The first-order chi connectivity index (χ1) is 14.2. The van der Waals surface area contributed by atoms with Crippen LogP contribution >= 0.6 is 11.8 Å². The van der Waals surface area contributed by atoms with E-state index in [1.807, 2.05) is 19.9 Å². The molecule has 0 saturated carbocycles. The molecule has 2 aromatic rings. The van der Waals surface area contributed by atoms with Crippen molar-refractivity contribution in [3.05, 3.63) is 47.5 Å². The highest BCUT2D eigenvalue weighted by Gasteiger charge is 2.37. The first-order valence-electron chi connectivity index (χ1n) is 9.75. The molecule has 2 aliphatic heterocycles. The molecule has 2 aromatic carbocycles. The van der Waals surface area contributed by atoms with Gasteiger partial charge in [-0.15, -0.1) is 11.8 Å². The Hall–Kier alpha value is -2.52. The zero-order valence-corrected chi connectivity index (χ0v) is 18.4. The van der Waals surface area contributed by atoms with Crippen LogP contribution in [-0.4, -0.2) is 43.5 Å². The number of aryl methyl sites for hydroxylation is 2. The van der Waals surface area contributed by atoms with E-state index in [0.29, 0.717) is 29.4 Å². The van der Waals surface area contributed by atoms with Crippen LogP contribution in [0.25, 0.3) is 0 Å². The molecule has 0 bridgehead atoms. The number of nitrogens with zero attached hydrogens (tertiary/aromatic N) is 1. The third kappa shape index (κ3) is 4.04. The summed E-state index contributed by atoms with van der Waals surface area (Å²) < 4.78 is 28.2. The lowest BCUT2D eigenvalue weighted by atomic mass is 10.1. The van der Waals surface area contributed by atoms with Gasteiger partial charge in [-0.1, -0.05) is 6.07 Å². The quantitative estimate of drug-likeness (QED) is 0.705. The summed E-state index contributed by atoms with van der Waals surface area (Å²) in [5.74, 6) is -0.602. The molecule has 0 unspecified atom stereocenters. The second-order valence-corrected chi connectivity index (χ2v) is 10.4. The molecule has 1 saturated heterocycles. The summed E-state index contributed by atoms with van der Waals surface area (Å²) in [7, 11) is -3.82. The summed E-state index contributed by atoms with van der Waals surface area (Å²) >= 11 is 1.17. The molecule has 9 heteroatoms. The Balaban J connectivity index is 1.55. The van der Waals surface area contributed by atoms with E-state index in [9.17, 15) is 18.0 Å². The minimum absolute atomic E-state index is 0.0460. The highest BCUT2D eigenvalue weighted by atomic mass is 32.2. The van der Waals surface area contributed by atoms with Crippen LogP contribution in [0.2, 0.25) is 0 Å². The molecule has 1 atom stereocenters. The van der Waals surface area contributed by atoms with Gasteiger partial charge in [0.25, 0.3) is 10.0 Å². The van der Waals surface area contributed by atoms with Crippen LogP contribution in [0.4, 0.5) is 11.4 Å². The van der Waals surface area contributed by atoms with Gasteiger partial charge in [-0.2, -0.15) is 0 Å². The Labute approximate surface area is 180 Å². The van der Waals surface area contributed by atoms with Crippen LogP contribution in [0.15, 0.2) is 46.2 Å².